The number of anilines is 1. The van der Waals surface area contributed by atoms with Gasteiger partial charge in [0.15, 0.2) is 0 Å². The number of hydrogen-bond donors (Lipinski definition) is 1. The first-order valence-electron chi connectivity index (χ1n) is 12.5. The van der Waals surface area contributed by atoms with Crippen LogP contribution >= 0.6 is 23.2 Å². The van der Waals surface area contributed by atoms with Crippen LogP contribution in [-0.4, -0.2) is 50.5 Å². The Labute approximate surface area is 240 Å². The second kappa shape index (κ2) is 13.8. The first-order valence-corrected chi connectivity index (χ1v) is 15.1. The Balaban J connectivity index is 2.06. The van der Waals surface area contributed by atoms with E-state index in [0.29, 0.717) is 17.1 Å². The molecule has 0 radical (unpaired) electrons. The maximum atomic E-state index is 14.0. The van der Waals surface area contributed by atoms with Crippen LogP contribution in [0, 0.1) is 5.92 Å². The van der Waals surface area contributed by atoms with E-state index < -0.39 is 28.5 Å². The van der Waals surface area contributed by atoms with Gasteiger partial charge in [-0.3, -0.25) is 13.9 Å². The molecule has 0 aliphatic rings. The number of para-hydroxylation sites is 1. The number of benzene rings is 3. The topological polar surface area (TPSA) is 86.8 Å². The van der Waals surface area contributed by atoms with Crippen molar-refractivity contribution >= 4 is 50.7 Å². The van der Waals surface area contributed by atoms with Crippen molar-refractivity contribution in [1.29, 1.82) is 0 Å². The molecule has 2 amide bonds. The van der Waals surface area contributed by atoms with E-state index in [2.05, 4.69) is 5.32 Å². The number of carbonyl (C=O) groups excluding carboxylic acids is 2. The fourth-order valence-corrected chi connectivity index (χ4v) is 5.38. The number of halogens is 2. The van der Waals surface area contributed by atoms with Crippen molar-refractivity contribution < 1.29 is 18.0 Å². The molecule has 0 aliphatic heterocycles. The van der Waals surface area contributed by atoms with Gasteiger partial charge < -0.3 is 10.2 Å². The van der Waals surface area contributed by atoms with E-state index in [1.807, 2.05) is 44.2 Å². The number of nitrogens with zero attached hydrogens (tertiary/aromatic N) is 2. The molecule has 0 saturated heterocycles. The van der Waals surface area contributed by atoms with Crippen LogP contribution in [0.15, 0.2) is 78.9 Å². The third-order valence-electron chi connectivity index (χ3n) is 6.05. The van der Waals surface area contributed by atoms with Gasteiger partial charge in [-0.1, -0.05) is 97.7 Å². The Morgan fingerprint density at radius 2 is 1.46 bits per heavy atom. The molecule has 0 aliphatic carbocycles. The lowest BCUT2D eigenvalue weighted by Crippen LogP contribution is -2.53. The molecule has 0 heterocycles. The van der Waals surface area contributed by atoms with Crippen molar-refractivity contribution in [3.63, 3.8) is 0 Å². The second-order valence-electron chi connectivity index (χ2n) is 9.68. The number of sulfonamides is 1. The van der Waals surface area contributed by atoms with E-state index in [1.165, 1.54) is 11.0 Å². The van der Waals surface area contributed by atoms with E-state index in [4.69, 9.17) is 23.2 Å². The molecule has 208 valence electrons. The van der Waals surface area contributed by atoms with Crippen molar-refractivity contribution in [3.05, 3.63) is 100 Å². The molecule has 0 bridgehead atoms. The van der Waals surface area contributed by atoms with Gasteiger partial charge in [-0.2, -0.15) is 0 Å². The standard InChI is InChI=1S/C29H33Cl2N3O4S/c1-21(2)18-32-29(36)27(17-22-11-5-4-6-12-22)33(19-23-13-7-8-14-24(23)30)28(35)20-34(39(3,37)38)26-16-10-9-15-25(26)31/h4-16,21,27H,17-20H2,1-3H3,(H,32,36)/t27-/m1/s1. The lowest BCUT2D eigenvalue weighted by Gasteiger charge is -2.34. The first kappa shape index (κ1) is 30.5. The van der Waals surface area contributed by atoms with Crippen LogP contribution in [0.1, 0.15) is 25.0 Å². The summed E-state index contributed by atoms with van der Waals surface area (Å²) in [5.41, 5.74) is 1.66. The summed E-state index contributed by atoms with van der Waals surface area (Å²) in [7, 11) is -3.90. The van der Waals surface area contributed by atoms with Gasteiger partial charge in [0.25, 0.3) is 0 Å². The zero-order valence-corrected chi connectivity index (χ0v) is 24.5. The largest absolute Gasteiger partial charge is 0.354 e. The first-order chi connectivity index (χ1) is 18.5. The quantitative estimate of drug-likeness (QED) is 0.315. The molecular formula is C29H33Cl2N3O4S. The highest BCUT2D eigenvalue weighted by molar-refractivity contribution is 7.92. The van der Waals surface area contributed by atoms with Crippen LogP contribution in [-0.2, 0) is 32.6 Å². The Hall–Kier alpha value is -3.07. The van der Waals surface area contributed by atoms with Crippen LogP contribution in [0.5, 0.6) is 0 Å². The van der Waals surface area contributed by atoms with Gasteiger partial charge in [0.1, 0.15) is 12.6 Å². The predicted molar refractivity (Wildman–Crippen MR) is 157 cm³/mol. The van der Waals surface area contributed by atoms with Gasteiger partial charge in [0.2, 0.25) is 21.8 Å². The van der Waals surface area contributed by atoms with Gasteiger partial charge in [0.05, 0.1) is 17.0 Å². The Morgan fingerprint density at radius 1 is 0.872 bits per heavy atom. The predicted octanol–water partition coefficient (Wildman–Crippen LogP) is 5.17. The van der Waals surface area contributed by atoms with E-state index in [1.54, 1.807) is 42.5 Å². The lowest BCUT2D eigenvalue weighted by molar-refractivity contribution is -0.140. The minimum atomic E-state index is -3.90. The fraction of sp³-hybridized carbons (Fsp3) is 0.310. The van der Waals surface area contributed by atoms with Crippen molar-refractivity contribution in [3.8, 4) is 0 Å². The normalized spacial score (nSPS) is 12.2. The van der Waals surface area contributed by atoms with Crippen LogP contribution in [0.4, 0.5) is 5.69 Å². The minimum absolute atomic E-state index is 0.00519. The smallest absolute Gasteiger partial charge is 0.244 e. The van der Waals surface area contributed by atoms with Crippen molar-refractivity contribution in [2.75, 3.05) is 23.7 Å². The van der Waals surface area contributed by atoms with Gasteiger partial charge in [0, 0.05) is 24.5 Å². The summed E-state index contributed by atoms with van der Waals surface area (Å²) in [4.78, 5) is 29.0. The molecule has 0 fully saturated rings. The molecule has 10 heteroatoms. The molecule has 3 aromatic carbocycles. The number of carbonyl (C=O) groups is 2. The van der Waals surface area contributed by atoms with Crippen LogP contribution < -0.4 is 9.62 Å². The number of rotatable bonds is 12. The Kier molecular flexibility index (Phi) is 10.8. The lowest BCUT2D eigenvalue weighted by atomic mass is 10.0. The molecule has 0 saturated carbocycles. The number of nitrogens with one attached hydrogen (secondary N) is 1. The summed E-state index contributed by atoms with van der Waals surface area (Å²) < 4.78 is 26.6. The highest BCUT2D eigenvalue weighted by Crippen LogP contribution is 2.28. The second-order valence-corrected chi connectivity index (χ2v) is 12.4. The maximum Gasteiger partial charge on any atom is 0.244 e. The molecule has 0 spiro atoms. The molecule has 1 atom stereocenters. The average molecular weight is 591 g/mol. The van der Waals surface area contributed by atoms with Gasteiger partial charge in [-0.15, -0.1) is 0 Å². The van der Waals surface area contributed by atoms with E-state index >= 15 is 0 Å². The van der Waals surface area contributed by atoms with Gasteiger partial charge in [-0.05, 0) is 35.2 Å². The molecule has 39 heavy (non-hydrogen) atoms. The van der Waals surface area contributed by atoms with Crippen molar-refractivity contribution in [1.82, 2.24) is 10.2 Å². The van der Waals surface area contributed by atoms with Gasteiger partial charge >= 0.3 is 0 Å². The summed E-state index contributed by atoms with van der Waals surface area (Å²) in [5, 5.41) is 3.56. The number of amides is 2. The highest BCUT2D eigenvalue weighted by Gasteiger charge is 2.33. The molecule has 3 rings (SSSR count). The maximum absolute atomic E-state index is 14.0. The van der Waals surface area contributed by atoms with Crippen LogP contribution in [0.2, 0.25) is 10.0 Å². The number of hydrogen-bond acceptors (Lipinski definition) is 4. The monoisotopic (exact) mass is 589 g/mol. The Bertz CT molecular complexity index is 1380. The van der Waals surface area contributed by atoms with E-state index in [0.717, 1.165) is 16.1 Å². The summed E-state index contributed by atoms with van der Waals surface area (Å²) in [6.07, 6.45) is 1.24. The molecule has 7 nitrogen and oxygen atoms in total. The molecule has 3 aromatic rings. The van der Waals surface area contributed by atoms with E-state index in [9.17, 15) is 18.0 Å². The SMILES string of the molecule is CC(C)CNC(=O)[C@@H](Cc1ccccc1)N(Cc1ccccc1Cl)C(=O)CN(c1ccccc1Cl)S(C)(=O)=O. The van der Waals surface area contributed by atoms with Crippen LogP contribution in [0.3, 0.4) is 0 Å². The summed E-state index contributed by atoms with van der Waals surface area (Å²) in [6, 6.07) is 21.9. The van der Waals surface area contributed by atoms with Gasteiger partial charge in [-0.25, -0.2) is 8.42 Å². The minimum Gasteiger partial charge on any atom is -0.354 e. The molecule has 0 aromatic heterocycles. The van der Waals surface area contributed by atoms with Crippen LogP contribution in [0.25, 0.3) is 0 Å². The zero-order chi connectivity index (χ0) is 28.6. The summed E-state index contributed by atoms with van der Waals surface area (Å²) in [5.74, 6) is -0.711. The summed E-state index contributed by atoms with van der Waals surface area (Å²) in [6.45, 7) is 3.84. The zero-order valence-electron chi connectivity index (χ0n) is 22.2. The average Bonchev–Trinajstić information content (AvgIpc) is 2.89. The van der Waals surface area contributed by atoms with Crippen molar-refractivity contribution in [2.24, 2.45) is 5.92 Å². The molecular weight excluding hydrogens is 557 g/mol. The summed E-state index contributed by atoms with van der Waals surface area (Å²) >= 11 is 12.8. The Morgan fingerprint density at radius 3 is 2.05 bits per heavy atom. The highest BCUT2D eigenvalue weighted by atomic mass is 35.5. The third kappa shape index (κ3) is 8.71. The fourth-order valence-electron chi connectivity index (χ4n) is 4.04. The molecule has 0 unspecified atom stereocenters. The molecule has 1 N–H and O–H groups in total. The van der Waals surface area contributed by atoms with Crippen molar-refractivity contribution in [2.45, 2.75) is 32.9 Å². The third-order valence-corrected chi connectivity index (χ3v) is 7.87. The van der Waals surface area contributed by atoms with E-state index in [-0.39, 0.29) is 35.5 Å².